The highest BCUT2D eigenvalue weighted by Gasteiger charge is 2.19. The fourth-order valence-electron chi connectivity index (χ4n) is 3.35. The number of anilines is 1. The van der Waals surface area contributed by atoms with Crippen LogP contribution in [0, 0.1) is 0 Å². The van der Waals surface area contributed by atoms with Crippen molar-refractivity contribution in [1.29, 1.82) is 0 Å². The Labute approximate surface area is 132 Å². The fraction of sp³-hybridized carbons (Fsp3) is 0.353. The van der Waals surface area contributed by atoms with E-state index in [0.717, 1.165) is 18.4 Å². The number of nitrogens with two attached hydrogens (primary N) is 1. The summed E-state index contributed by atoms with van der Waals surface area (Å²) in [6.07, 6.45) is 6.51. The highest BCUT2D eigenvalue weighted by Crippen LogP contribution is 2.34. The number of hydrogen-bond acceptors (Lipinski definition) is 6. The summed E-state index contributed by atoms with van der Waals surface area (Å²) in [5, 5.41) is 10.1. The van der Waals surface area contributed by atoms with Crippen LogP contribution in [-0.2, 0) is 6.61 Å². The lowest BCUT2D eigenvalue weighted by atomic mass is 9.98. The van der Waals surface area contributed by atoms with Gasteiger partial charge in [-0.3, -0.25) is 4.79 Å². The topological polar surface area (TPSA) is 102 Å². The second kappa shape index (κ2) is 5.31. The Kier molecular flexibility index (Phi) is 3.27. The third-order valence-corrected chi connectivity index (χ3v) is 4.65. The quantitative estimate of drug-likeness (QED) is 0.705. The van der Waals surface area contributed by atoms with Gasteiger partial charge in [-0.2, -0.15) is 4.98 Å². The van der Waals surface area contributed by atoms with Crippen LogP contribution in [0.25, 0.3) is 22.2 Å². The largest absolute Gasteiger partial charge is 0.419 e. The summed E-state index contributed by atoms with van der Waals surface area (Å²) in [7, 11) is 0. The molecule has 0 saturated heterocycles. The van der Waals surface area contributed by atoms with Gasteiger partial charge in [-0.1, -0.05) is 12.8 Å². The van der Waals surface area contributed by atoms with Crippen LogP contribution >= 0.6 is 0 Å². The van der Waals surface area contributed by atoms with Crippen molar-refractivity contribution >= 4 is 28.0 Å². The minimum Gasteiger partial charge on any atom is -0.419 e. The molecule has 6 nitrogen and oxygen atoms in total. The Bertz CT molecular complexity index is 959. The number of aliphatic hydroxyl groups excluding tert-OH is 1. The maximum Gasteiger partial charge on any atom is 0.234 e. The Morgan fingerprint density at radius 3 is 2.70 bits per heavy atom. The minimum atomic E-state index is -0.271. The number of nitrogen functional groups attached to an aromatic ring is 1. The highest BCUT2D eigenvalue weighted by molar-refractivity contribution is 5.87. The molecule has 4 rings (SSSR count). The van der Waals surface area contributed by atoms with Gasteiger partial charge >= 0.3 is 0 Å². The predicted octanol–water partition coefficient (Wildman–Crippen LogP) is 2.47. The molecule has 0 aliphatic heterocycles. The van der Waals surface area contributed by atoms with Gasteiger partial charge in [0.15, 0.2) is 0 Å². The van der Waals surface area contributed by atoms with Gasteiger partial charge < -0.3 is 15.3 Å². The first-order valence-corrected chi connectivity index (χ1v) is 7.80. The minimum absolute atomic E-state index is 0.151. The molecule has 3 aromatic heterocycles. The van der Waals surface area contributed by atoms with Gasteiger partial charge in [0, 0.05) is 11.8 Å². The third-order valence-electron chi connectivity index (χ3n) is 4.65. The van der Waals surface area contributed by atoms with E-state index in [2.05, 4.69) is 9.97 Å². The van der Waals surface area contributed by atoms with Gasteiger partial charge in [-0.25, -0.2) is 4.98 Å². The van der Waals surface area contributed by atoms with Crippen molar-refractivity contribution in [2.24, 2.45) is 0 Å². The zero-order chi connectivity index (χ0) is 16.0. The van der Waals surface area contributed by atoms with Crippen LogP contribution in [0.1, 0.15) is 42.7 Å². The van der Waals surface area contributed by atoms with E-state index in [1.807, 2.05) is 6.07 Å². The van der Waals surface area contributed by atoms with Crippen LogP contribution in [0.2, 0.25) is 0 Å². The molecule has 23 heavy (non-hydrogen) atoms. The Morgan fingerprint density at radius 2 is 1.96 bits per heavy atom. The SMILES string of the molecule is Nc1nc2oc3ncc(C4CCCC4)cc3c(=O)c2cc1CO. The number of nitrogens with zero attached hydrogens (tertiary/aromatic N) is 2. The lowest BCUT2D eigenvalue weighted by molar-refractivity contribution is 0.282. The van der Waals surface area contributed by atoms with Gasteiger partial charge in [-0.15, -0.1) is 0 Å². The second-order valence-electron chi connectivity index (χ2n) is 6.08. The number of rotatable bonds is 2. The first-order chi connectivity index (χ1) is 11.2. The van der Waals surface area contributed by atoms with Crippen LogP contribution < -0.4 is 11.2 Å². The summed E-state index contributed by atoms with van der Waals surface area (Å²) < 4.78 is 5.64. The smallest absolute Gasteiger partial charge is 0.234 e. The van der Waals surface area contributed by atoms with Crippen LogP contribution in [0.4, 0.5) is 5.82 Å². The molecule has 3 heterocycles. The molecule has 0 atom stereocenters. The molecule has 1 aliphatic rings. The van der Waals surface area contributed by atoms with E-state index >= 15 is 0 Å². The van der Waals surface area contributed by atoms with Gasteiger partial charge in [0.1, 0.15) is 5.82 Å². The van der Waals surface area contributed by atoms with Crippen LogP contribution in [0.3, 0.4) is 0 Å². The fourth-order valence-corrected chi connectivity index (χ4v) is 3.35. The molecule has 0 unspecified atom stereocenters. The number of aromatic nitrogens is 2. The van der Waals surface area contributed by atoms with Crippen LogP contribution in [0.15, 0.2) is 27.5 Å². The Balaban J connectivity index is 1.97. The Hall–Kier alpha value is -2.47. The summed E-state index contributed by atoms with van der Waals surface area (Å²) in [5.74, 6) is 0.629. The van der Waals surface area contributed by atoms with E-state index in [0.29, 0.717) is 22.3 Å². The van der Waals surface area contributed by atoms with Gasteiger partial charge in [0.05, 0.1) is 17.4 Å². The molecule has 0 bridgehead atoms. The molecule has 6 heteroatoms. The molecule has 0 amide bonds. The summed E-state index contributed by atoms with van der Waals surface area (Å²) in [5.41, 5.74) is 7.49. The molecule has 0 aromatic carbocycles. The first-order valence-electron chi connectivity index (χ1n) is 7.80. The predicted molar refractivity (Wildman–Crippen MR) is 87.1 cm³/mol. The number of hydrogen-bond donors (Lipinski definition) is 2. The van der Waals surface area contributed by atoms with E-state index in [1.165, 1.54) is 12.8 Å². The number of fused-ring (bicyclic) bond motifs is 2. The molecule has 118 valence electrons. The standard InChI is InChI=1S/C17H17N3O3/c18-15-11(8-21)6-13-14(22)12-5-10(9-3-1-2-4-9)7-19-16(12)23-17(13)20-15/h5-7,9,21H,1-4,8H2,(H2,18,20). The third kappa shape index (κ3) is 2.26. The molecule has 3 N–H and O–H groups in total. The molecule has 3 aromatic rings. The molecular formula is C17H17N3O3. The van der Waals surface area contributed by atoms with Crippen molar-refractivity contribution in [2.75, 3.05) is 5.73 Å². The average molecular weight is 311 g/mol. The maximum absolute atomic E-state index is 12.8. The normalized spacial score (nSPS) is 15.7. The number of aliphatic hydroxyl groups is 1. The van der Waals surface area contributed by atoms with Gasteiger partial charge in [0.25, 0.3) is 0 Å². The van der Waals surface area contributed by atoms with Crippen molar-refractivity contribution in [3.05, 3.63) is 39.7 Å². The van der Waals surface area contributed by atoms with Crippen molar-refractivity contribution in [1.82, 2.24) is 9.97 Å². The van der Waals surface area contributed by atoms with Crippen LogP contribution in [0.5, 0.6) is 0 Å². The molecule has 0 radical (unpaired) electrons. The van der Waals surface area contributed by atoms with Gasteiger partial charge in [-0.05, 0) is 36.5 Å². The summed E-state index contributed by atoms with van der Waals surface area (Å²) in [4.78, 5) is 21.2. The van der Waals surface area contributed by atoms with Crippen molar-refractivity contribution < 1.29 is 9.52 Å². The molecular weight excluding hydrogens is 294 g/mol. The van der Waals surface area contributed by atoms with E-state index in [-0.39, 0.29) is 29.3 Å². The summed E-state index contributed by atoms with van der Waals surface area (Å²) >= 11 is 0. The summed E-state index contributed by atoms with van der Waals surface area (Å²) in [6.45, 7) is -0.271. The second-order valence-corrected chi connectivity index (χ2v) is 6.08. The molecule has 0 spiro atoms. The van der Waals surface area contributed by atoms with E-state index < -0.39 is 0 Å². The first kappa shape index (κ1) is 14.1. The van der Waals surface area contributed by atoms with Gasteiger partial charge in [0.2, 0.25) is 16.9 Å². The monoisotopic (exact) mass is 311 g/mol. The maximum atomic E-state index is 12.8. The lowest BCUT2D eigenvalue weighted by Crippen LogP contribution is -2.08. The van der Waals surface area contributed by atoms with E-state index in [9.17, 15) is 9.90 Å². The average Bonchev–Trinajstić information content (AvgIpc) is 3.09. The molecule has 1 aliphatic carbocycles. The van der Waals surface area contributed by atoms with Crippen molar-refractivity contribution in [3.8, 4) is 0 Å². The summed E-state index contributed by atoms with van der Waals surface area (Å²) in [6, 6.07) is 3.43. The number of pyridine rings is 2. The van der Waals surface area contributed by atoms with E-state index in [4.69, 9.17) is 10.2 Å². The molecule has 1 fully saturated rings. The molecule has 1 saturated carbocycles. The Morgan fingerprint density at radius 1 is 1.22 bits per heavy atom. The highest BCUT2D eigenvalue weighted by atomic mass is 16.3. The van der Waals surface area contributed by atoms with Crippen LogP contribution in [-0.4, -0.2) is 15.1 Å². The zero-order valence-electron chi connectivity index (χ0n) is 12.6. The van der Waals surface area contributed by atoms with E-state index in [1.54, 1.807) is 12.3 Å². The van der Waals surface area contributed by atoms with Crippen molar-refractivity contribution in [2.45, 2.75) is 38.2 Å². The lowest BCUT2D eigenvalue weighted by Gasteiger charge is -2.10. The zero-order valence-corrected chi connectivity index (χ0v) is 12.6. The van der Waals surface area contributed by atoms with Crippen molar-refractivity contribution in [3.63, 3.8) is 0 Å².